The van der Waals surface area contributed by atoms with E-state index in [0.29, 0.717) is 36.0 Å². The fourth-order valence-corrected chi connectivity index (χ4v) is 2.31. The van der Waals surface area contributed by atoms with Gasteiger partial charge >= 0.3 is 0 Å². The minimum atomic E-state index is -0.412. The quantitative estimate of drug-likeness (QED) is 0.724. The number of fused-ring (bicyclic) bond motifs is 1. The van der Waals surface area contributed by atoms with Gasteiger partial charge in [-0.2, -0.15) is 4.98 Å². The third-order valence-electron chi connectivity index (χ3n) is 3.54. The van der Waals surface area contributed by atoms with E-state index in [2.05, 4.69) is 10.3 Å². The van der Waals surface area contributed by atoms with Gasteiger partial charge in [-0.1, -0.05) is 0 Å². The number of aliphatic hydroxyl groups is 1. The Hall–Kier alpha value is -1.79. The average molecular weight is 263 g/mol. The van der Waals surface area contributed by atoms with Gasteiger partial charge in [-0.05, 0) is 31.0 Å². The molecule has 1 aliphatic heterocycles. The van der Waals surface area contributed by atoms with Crippen molar-refractivity contribution < 1.29 is 14.3 Å². The highest BCUT2D eigenvalue weighted by Gasteiger charge is 2.33. The normalized spacial score (nSPS) is 18.6. The summed E-state index contributed by atoms with van der Waals surface area (Å²) in [5.41, 5.74) is 7.34. The molecule has 0 radical (unpaired) electrons. The Morgan fingerprint density at radius 3 is 2.89 bits per heavy atom. The number of aliphatic hydroxyl groups excluding tert-OH is 1. The maximum Gasteiger partial charge on any atom is 0.296 e. The van der Waals surface area contributed by atoms with Crippen molar-refractivity contribution >= 4 is 22.8 Å². The first kappa shape index (κ1) is 12.3. The third-order valence-corrected chi connectivity index (χ3v) is 3.54. The van der Waals surface area contributed by atoms with Gasteiger partial charge < -0.3 is 25.3 Å². The maximum absolute atomic E-state index is 9.61. The Labute approximate surface area is 110 Å². The van der Waals surface area contributed by atoms with Gasteiger partial charge in [0.25, 0.3) is 6.01 Å². The van der Waals surface area contributed by atoms with E-state index < -0.39 is 5.54 Å². The monoisotopic (exact) mass is 263 g/mol. The zero-order valence-corrected chi connectivity index (χ0v) is 10.6. The first-order valence-corrected chi connectivity index (χ1v) is 6.34. The van der Waals surface area contributed by atoms with E-state index >= 15 is 0 Å². The van der Waals surface area contributed by atoms with Crippen LogP contribution in [0.1, 0.15) is 12.8 Å². The molecule has 6 nitrogen and oxygen atoms in total. The van der Waals surface area contributed by atoms with Gasteiger partial charge in [0.2, 0.25) is 0 Å². The second-order valence-corrected chi connectivity index (χ2v) is 4.92. The summed E-state index contributed by atoms with van der Waals surface area (Å²) < 4.78 is 10.9. The summed E-state index contributed by atoms with van der Waals surface area (Å²) in [5, 5.41) is 12.8. The van der Waals surface area contributed by atoms with Crippen LogP contribution in [-0.2, 0) is 4.74 Å². The van der Waals surface area contributed by atoms with E-state index in [9.17, 15) is 5.11 Å². The molecule has 19 heavy (non-hydrogen) atoms. The molecule has 0 bridgehead atoms. The van der Waals surface area contributed by atoms with E-state index in [1.54, 1.807) is 18.2 Å². The SMILES string of the molecule is Nc1ccc2oc(NC3(CO)CCOCC3)nc2c1. The smallest absolute Gasteiger partial charge is 0.296 e. The van der Waals surface area contributed by atoms with Gasteiger partial charge in [-0.3, -0.25) is 0 Å². The summed E-state index contributed by atoms with van der Waals surface area (Å²) in [7, 11) is 0. The van der Waals surface area contributed by atoms with Crippen molar-refractivity contribution in [2.75, 3.05) is 30.9 Å². The Bertz CT molecular complexity index is 576. The molecule has 0 aliphatic carbocycles. The fraction of sp³-hybridized carbons (Fsp3) is 0.462. The molecule has 2 aromatic rings. The summed E-state index contributed by atoms with van der Waals surface area (Å²) in [5.74, 6) is 0. The van der Waals surface area contributed by atoms with Gasteiger partial charge in [0.05, 0.1) is 12.1 Å². The van der Waals surface area contributed by atoms with Crippen LogP contribution in [0.2, 0.25) is 0 Å². The zero-order valence-electron chi connectivity index (χ0n) is 10.6. The number of benzene rings is 1. The molecule has 102 valence electrons. The number of nitrogens with zero attached hydrogens (tertiary/aromatic N) is 1. The number of anilines is 2. The van der Waals surface area contributed by atoms with Crippen molar-refractivity contribution in [3.63, 3.8) is 0 Å². The molecule has 0 unspecified atom stereocenters. The van der Waals surface area contributed by atoms with E-state index in [-0.39, 0.29) is 6.61 Å². The molecule has 0 spiro atoms. The van der Waals surface area contributed by atoms with Crippen molar-refractivity contribution in [1.82, 2.24) is 4.98 Å². The van der Waals surface area contributed by atoms with Crippen molar-refractivity contribution in [3.05, 3.63) is 18.2 Å². The predicted molar refractivity (Wildman–Crippen MR) is 71.9 cm³/mol. The summed E-state index contributed by atoms with van der Waals surface area (Å²) in [6.07, 6.45) is 1.45. The van der Waals surface area contributed by atoms with Crippen LogP contribution >= 0.6 is 0 Å². The van der Waals surface area contributed by atoms with Crippen LogP contribution in [0.15, 0.2) is 22.6 Å². The number of hydrogen-bond donors (Lipinski definition) is 3. The number of ether oxygens (including phenoxy) is 1. The highest BCUT2D eigenvalue weighted by atomic mass is 16.5. The van der Waals surface area contributed by atoms with E-state index in [1.165, 1.54) is 0 Å². The maximum atomic E-state index is 9.61. The Morgan fingerprint density at radius 2 is 2.16 bits per heavy atom. The number of oxazole rings is 1. The lowest BCUT2D eigenvalue weighted by molar-refractivity contribution is 0.0371. The Kier molecular flexibility index (Phi) is 3.04. The van der Waals surface area contributed by atoms with Crippen molar-refractivity contribution in [1.29, 1.82) is 0 Å². The first-order chi connectivity index (χ1) is 9.21. The molecular formula is C13H17N3O3. The van der Waals surface area contributed by atoms with E-state index in [4.69, 9.17) is 14.9 Å². The molecule has 1 saturated heterocycles. The minimum Gasteiger partial charge on any atom is -0.424 e. The number of hydrogen-bond acceptors (Lipinski definition) is 6. The average Bonchev–Trinajstić information content (AvgIpc) is 2.81. The lowest BCUT2D eigenvalue weighted by atomic mass is 9.91. The molecule has 0 saturated carbocycles. The number of nitrogens with one attached hydrogen (secondary N) is 1. The molecular weight excluding hydrogens is 246 g/mol. The Morgan fingerprint density at radius 1 is 1.37 bits per heavy atom. The zero-order chi connectivity index (χ0) is 13.3. The van der Waals surface area contributed by atoms with Gasteiger partial charge in [0.15, 0.2) is 5.58 Å². The Balaban J connectivity index is 1.87. The lowest BCUT2D eigenvalue weighted by Crippen LogP contribution is -2.47. The molecule has 1 aromatic heterocycles. The van der Waals surface area contributed by atoms with Crippen LogP contribution in [0.3, 0.4) is 0 Å². The van der Waals surface area contributed by atoms with Gasteiger partial charge in [0.1, 0.15) is 5.52 Å². The summed E-state index contributed by atoms with van der Waals surface area (Å²) in [6.45, 7) is 1.28. The largest absolute Gasteiger partial charge is 0.424 e. The topological polar surface area (TPSA) is 93.5 Å². The highest BCUT2D eigenvalue weighted by Crippen LogP contribution is 2.28. The molecule has 2 heterocycles. The molecule has 0 atom stereocenters. The van der Waals surface area contributed by atoms with Crippen molar-refractivity contribution in [3.8, 4) is 0 Å². The highest BCUT2D eigenvalue weighted by molar-refractivity contribution is 5.78. The van der Waals surface area contributed by atoms with Crippen LogP contribution in [-0.4, -0.2) is 35.5 Å². The van der Waals surface area contributed by atoms with Crippen LogP contribution < -0.4 is 11.1 Å². The summed E-state index contributed by atoms with van der Waals surface area (Å²) >= 11 is 0. The van der Waals surface area contributed by atoms with Gasteiger partial charge in [-0.25, -0.2) is 0 Å². The van der Waals surface area contributed by atoms with E-state index in [0.717, 1.165) is 12.8 Å². The van der Waals surface area contributed by atoms with Crippen LogP contribution in [0.5, 0.6) is 0 Å². The number of aromatic nitrogens is 1. The van der Waals surface area contributed by atoms with E-state index in [1.807, 2.05) is 0 Å². The van der Waals surface area contributed by atoms with Crippen LogP contribution in [0.25, 0.3) is 11.1 Å². The second-order valence-electron chi connectivity index (χ2n) is 4.92. The molecule has 6 heteroatoms. The molecule has 1 fully saturated rings. The first-order valence-electron chi connectivity index (χ1n) is 6.34. The molecule has 3 rings (SSSR count). The van der Waals surface area contributed by atoms with Gasteiger partial charge in [0, 0.05) is 18.9 Å². The van der Waals surface area contributed by atoms with Crippen molar-refractivity contribution in [2.24, 2.45) is 0 Å². The van der Waals surface area contributed by atoms with Crippen LogP contribution in [0, 0.1) is 0 Å². The molecule has 1 aromatic carbocycles. The van der Waals surface area contributed by atoms with Crippen molar-refractivity contribution in [2.45, 2.75) is 18.4 Å². The number of nitrogens with two attached hydrogens (primary N) is 1. The molecule has 4 N–H and O–H groups in total. The summed E-state index contributed by atoms with van der Waals surface area (Å²) in [6, 6.07) is 5.74. The lowest BCUT2D eigenvalue weighted by Gasteiger charge is -2.35. The summed E-state index contributed by atoms with van der Waals surface area (Å²) in [4.78, 5) is 4.35. The van der Waals surface area contributed by atoms with Crippen LogP contribution in [0.4, 0.5) is 11.7 Å². The van der Waals surface area contributed by atoms with Gasteiger partial charge in [-0.15, -0.1) is 0 Å². The molecule has 0 amide bonds. The standard InChI is InChI=1S/C13H17N3O3/c14-9-1-2-11-10(7-9)15-12(19-11)16-13(8-17)3-5-18-6-4-13/h1-2,7,17H,3-6,8,14H2,(H,15,16). The number of nitrogen functional groups attached to an aromatic ring is 1. The minimum absolute atomic E-state index is 0.0250. The fourth-order valence-electron chi connectivity index (χ4n) is 2.31. The second kappa shape index (κ2) is 4.71. The predicted octanol–water partition coefficient (Wildman–Crippen LogP) is 1.36. The molecule has 1 aliphatic rings. The number of rotatable bonds is 3. The third kappa shape index (κ3) is 2.36.